The van der Waals surface area contributed by atoms with Gasteiger partial charge in [0.05, 0.1) is 37.9 Å². The first-order valence-electron chi connectivity index (χ1n) is 18.9. The number of allylic oxidation sites excluding steroid dienone is 1. The minimum Gasteiger partial charge on any atom is -0.497 e. The van der Waals surface area contributed by atoms with Crippen molar-refractivity contribution in [1.82, 2.24) is 0 Å². The van der Waals surface area contributed by atoms with E-state index in [1.807, 2.05) is 51.1 Å². The lowest BCUT2D eigenvalue weighted by atomic mass is 9.84. The Kier molecular flexibility index (Phi) is 19.2. The molecule has 1 fully saturated rings. The van der Waals surface area contributed by atoms with Crippen LogP contribution in [0.2, 0.25) is 18.1 Å². The molecule has 0 bridgehead atoms. The Morgan fingerprint density at radius 2 is 1.75 bits per heavy atom. The van der Waals surface area contributed by atoms with E-state index in [-0.39, 0.29) is 47.4 Å². The maximum Gasteiger partial charge on any atom is 0.309 e. The second-order valence-electron chi connectivity index (χ2n) is 15.0. The third-order valence-electron chi connectivity index (χ3n) is 10.6. The van der Waals surface area contributed by atoms with Crippen LogP contribution in [0.3, 0.4) is 0 Å². The van der Waals surface area contributed by atoms with Crippen molar-refractivity contribution in [3.8, 4) is 5.75 Å². The van der Waals surface area contributed by atoms with Gasteiger partial charge < -0.3 is 23.7 Å². The molecule has 51 heavy (non-hydrogen) atoms. The highest BCUT2D eigenvalue weighted by Gasteiger charge is 2.37. The van der Waals surface area contributed by atoms with Gasteiger partial charge in [-0.25, -0.2) is 0 Å². The molecule has 0 amide bonds. The number of nitrogens with zero attached hydrogens (tertiary/aromatic N) is 3. The molecule has 0 radical (unpaired) electrons. The second kappa shape index (κ2) is 22.2. The summed E-state index contributed by atoms with van der Waals surface area (Å²) in [5.41, 5.74) is 10.4. The fraction of sp³-hybridized carbons (Fsp3) is 0.700. The summed E-state index contributed by atoms with van der Waals surface area (Å²) < 4.78 is 24.8. The van der Waals surface area contributed by atoms with Gasteiger partial charge in [0, 0.05) is 17.4 Å². The van der Waals surface area contributed by atoms with Gasteiger partial charge in [-0.1, -0.05) is 85.3 Å². The third-order valence-corrected chi connectivity index (χ3v) is 15.2. The van der Waals surface area contributed by atoms with Crippen molar-refractivity contribution in [2.45, 2.75) is 137 Å². The summed E-state index contributed by atoms with van der Waals surface area (Å²) in [6.45, 7) is 21.4. The minimum absolute atomic E-state index is 0.00364. The van der Waals surface area contributed by atoms with Crippen LogP contribution >= 0.6 is 0 Å². The molecular formula is C40H65N3O7Si. The van der Waals surface area contributed by atoms with Gasteiger partial charge >= 0.3 is 5.97 Å². The standard InChI is InChI=1S/C40H65N3O7Si/c1-11-51(12-2,13-3)50-37(19-18-36(45)29(6)20-28(5)25-42-43-41)38(48-26-33-14-16-35(47-10)17-15-33)22-27(4)21-34(44)24-31(8)39-30(7)23-32(9)40(46)49-39/h14-19,27-30,32,34,37-39,44H,8,11-13,20-26H2,1-7,9-10H3/b19-18+/t27-,28-,29+,30-,32+,34?,37+,38-,39-/m0/s1. The third kappa shape index (κ3) is 14.5. The zero-order valence-corrected chi connectivity index (χ0v) is 33.7. The molecule has 1 heterocycles. The first-order chi connectivity index (χ1) is 24.2. The zero-order chi connectivity index (χ0) is 38.1. The fourth-order valence-electron chi connectivity index (χ4n) is 7.15. The van der Waals surface area contributed by atoms with Crippen molar-refractivity contribution in [2.24, 2.45) is 34.7 Å². The molecule has 1 aliphatic heterocycles. The van der Waals surface area contributed by atoms with Crippen molar-refractivity contribution in [2.75, 3.05) is 13.7 Å². The predicted molar refractivity (Wildman–Crippen MR) is 206 cm³/mol. The topological polar surface area (TPSA) is 140 Å². The summed E-state index contributed by atoms with van der Waals surface area (Å²) in [5, 5.41) is 14.9. The van der Waals surface area contributed by atoms with Crippen LogP contribution in [0.15, 0.2) is 53.7 Å². The van der Waals surface area contributed by atoms with Crippen molar-refractivity contribution in [3.63, 3.8) is 0 Å². The Morgan fingerprint density at radius 3 is 2.33 bits per heavy atom. The molecule has 9 atom stereocenters. The van der Waals surface area contributed by atoms with E-state index in [1.54, 1.807) is 13.2 Å². The molecule has 10 nitrogen and oxygen atoms in total. The van der Waals surface area contributed by atoms with Gasteiger partial charge in [0.15, 0.2) is 14.1 Å². The smallest absolute Gasteiger partial charge is 0.309 e. The normalized spacial score (nSPS) is 21.5. The lowest BCUT2D eigenvalue weighted by molar-refractivity contribution is -0.161. The molecule has 11 heteroatoms. The highest BCUT2D eigenvalue weighted by atomic mass is 28.4. The molecule has 1 N–H and O–H groups in total. The van der Waals surface area contributed by atoms with Crippen LogP contribution in [0.4, 0.5) is 0 Å². The Balaban J connectivity index is 2.33. The van der Waals surface area contributed by atoms with Crippen LogP contribution in [0.1, 0.15) is 93.1 Å². The van der Waals surface area contributed by atoms with Crippen molar-refractivity contribution < 1.29 is 33.3 Å². The summed E-state index contributed by atoms with van der Waals surface area (Å²) in [7, 11) is -0.517. The van der Waals surface area contributed by atoms with Crippen LogP contribution in [-0.4, -0.2) is 63.2 Å². The van der Waals surface area contributed by atoms with Crippen LogP contribution in [-0.2, 0) is 30.1 Å². The molecule has 1 aromatic rings. The molecule has 0 saturated carbocycles. The summed E-state index contributed by atoms with van der Waals surface area (Å²) >= 11 is 0. The number of hydrogen-bond donors (Lipinski definition) is 1. The summed E-state index contributed by atoms with van der Waals surface area (Å²) in [6.07, 6.45) is 4.42. The highest BCUT2D eigenvalue weighted by molar-refractivity contribution is 6.73. The van der Waals surface area contributed by atoms with E-state index < -0.39 is 26.6 Å². The van der Waals surface area contributed by atoms with Gasteiger partial charge in [0.1, 0.15) is 11.9 Å². The van der Waals surface area contributed by atoms with Crippen molar-refractivity contribution in [3.05, 3.63) is 64.6 Å². The first kappa shape index (κ1) is 44.2. The maximum atomic E-state index is 13.4. The van der Waals surface area contributed by atoms with Crippen LogP contribution in [0.25, 0.3) is 10.4 Å². The average molecular weight is 728 g/mol. The summed E-state index contributed by atoms with van der Waals surface area (Å²) in [4.78, 5) is 28.5. The van der Waals surface area contributed by atoms with Gasteiger partial charge in [0.25, 0.3) is 0 Å². The first-order valence-corrected chi connectivity index (χ1v) is 21.4. The Hall–Kier alpha value is -2.95. The van der Waals surface area contributed by atoms with Gasteiger partial charge in [-0.3, -0.25) is 9.59 Å². The SMILES string of the molecule is C=C(CC(O)C[C@H](C)C[C@H](OCc1ccc(OC)cc1)[C@@H](/C=C/C(=O)[C@H](C)C[C@H](C)CN=[N+]=[N-])O[Si](CC)(CC)CC)[C@H]1OC(=O)[C@H](C)C[C@@H]1C. The number of esters is 1. The molecule has 0 aliphatic carbocycles. The molecule has 1 aromatic carbocycles. The Labute approximate surface area is 308 Å². The number of cyclic esters (lactones) is 1. The zero-order valence-electron chi connectivity index (χ0n) is 32.7. The quantitative estimate of drug-likeness (QED) is 0.0213. The second-order valence-corrected chi connectivity index (χ2v) is 19.7. The number of benzene rings is 1. The molecule has 1 saturated heterocycles. The van der Waals surface area contributed by atoms with Crippen molar-refractivity contribution in [1.29, 1.82) is 0 Å². The van der Waals surface area contributed by atoms with E-state index in [4.69, 9.17) is 24.2 Å². The van der Waals surface area contributed by atoms with E-state index in [0.717, 1.165) is 41.4 Å². The average Bonchev–Trinajstić information content (AvgIpc) is 3.11. The number of hydrogen-bond acceptors (Lipinski definition) is 8. The van der Waals surface area contributed by atoms with Gasteiger partial charge in [-0.05, 0) is 103 Å². The van der Waals surface area contributed by atoms with E-state index >= 15 is 0 Å². The van der Waals surface area contributed by atoms with E-state index in [2.05, 4.69) is 51.2 Å². The van der Waals surface area contributed by atoms with Crippen LogP contribution in [0, 0.1) is 29.6 Å². The van der Waals surface area contributed by atoms with Gasteiger partial charge in [-0.15, -0.1) is 0 Å². The van der Waals surface area contributed by atoms with Gasteiger partial charge in [0.2, 0.25) is 0 Å². The predicted octanol–water partition coefficient (Wildman–Crippen LogP) is 9.38. The number of carbonyl (C=O) groups excluding carboxylic acids is 2. The fourth-order valence-corrected chi connectivity index (χ4v) is 9.96. The maximum absolute atomic E-state index is 13.4. The molecule has 0 aromatic heterocycles. The Bertz CT molecular complexity index is 1300. The van der Waals surface area contributed by atoms with Crippen molar-refractivity contribution >= 4 is 20.1 Å². The molecular weight excluding hydrogens is 663 g/mol. The number of rotatable bonds is 24. The van der Waals surface area contributed by atoms with E-state index in [1.165, 1.54) is 0 Å². The Morgan fingerprint density at radius 1 is 1.10 bits per heavy atom. The van der Waals surface area contributed by atoms with Crippen LogP contribution in [0.5, 0.6) is 5.75 Å². The van der Waals surface area contributed by atoms with E-state index in [9.17, 15) is 14.7 Å². The number of methoxy groups -OCH3 is 1. The number of carbonyl (C=O) groups is 2. The summed E-state index contributed by atoms with van der Waals surface area (Å²) in [5.74, 6) is 0.450. The number of aliphatic hydroxyl groups is 1. The molecule has 2 rings (SSSR count). The molecule has 1 unspecified atom stereocenters. The molecule has 286 valence electrons. The lowest BCUT2D eigenvalue weighted by Gasteiger charge is -2.37. The number of azide groups is 1. The van der Waals surface area contributed by atoms with Gasteiger partial charge in [-0.2, -0.15) is 0 Å². The molecule has 0 spiro atoms. The minimum atomic E-state index is -2.15. The monoisotopic (exact) mass is 727 g/mol. The number of ether oxygens (including phenoxy) is 3. The molecule has 1 aliphatic rings. The highest BCUT2D eigenvalue weighted by Crippen LogP contribution is 2.33. The number of ketones is 1. The summed E-state index contributed by atoms with van der Waals surface area (Å²) in [6, 6.07) is 10.6. The number of aliphatic hydroxyl groups excluding tert-OH is 1. The lowest BCUT2D eigenvalue weighted by Crippen LogP contribution is -2.44. The van der Waals surface area contributed by atoms with E-state index in [0.29, 0.717) is 38.8 Å². The largest absolute Gasteiger partial charge is 0.497 e. The van der Waals surface area contributed by atoms with Crippen LogP contribution < -0.4 is 4.74 Å².